The van der Waals surface area contributed by atoms with Gasteiger partial charge in [0.15, 0.2) is 0 Å². The van der Waals surface area contributed by atoms with Crippen molar-refractivity contribution in [1.82, 2.24) is 0 Å². The van der Waals surface area contributed by atoms with Crippen molar-refractivity contribution in [2.45, 2.75) is 34.1 Å². The molecular formula is C19H22. The normalized spacial score (nSPS) is 15.6. The Kier molecular flexibility index (Phi) is 3.61. The summed E-state index contributed by atoms with van der Waals surface area (Å²) in [6, 6.07) is 6.63. The van der Waals surface area contributed by atoms with Gasteiger partial charge < -0.3 is 0 Å². The zero-order chi connectivity index (χ0) is 14.2. The Bertz CT molecular complexity index is 621. The molecule has 0 saturated heterocycles. The Morgan fingerprint density at radius 2 is 1.79 bits per heavy atom. The van der Waals surface area contributed by atoms with Crippen LogP contribution in [0.15, 0.2) is 59.7 Å². The van der Waals surface area contributed by atoms with Crippen LogP contribution in [0.5, 0.6) is 0 Å². The van der Waals surface area contributed by atoms with E-state index in [4.69, 9.17) is 0 Å². The molecule has 1 aromatic carbocycles. The van der Waals surface area contributed by atoms with Crippen molar-refractivity contribution in [2.75, 3.05) is 0 Å². The Labute approximate surface area is 116 Å². The molecule has 0 heterocycles. The van der Waals surface area contributed by atoms with Crippen molar-refractivity contribution < 1.29 is 0 Å². The summed E-state index contributed by atoms with van der Waals surface area (Å²) < 4.78 is 0. The molecule has 2 rings (SSSR count). The van der Waals surface area contributed by atoms with Crippen molar-refractivity contribution in [3.8, 4) is 0 Å². The van der Waals surface area contributed by atoms with Crippen LogP contribution in [0, 0.1) is 13.8 Å². The zero-order valence-corrected chi connectivity index (χ0v) is 12.4. The van der Waals surface area contributed by atoms with Crippen LogP contribution in [0.4, 0.5) is 0 Å². The van der Waals surface area contributed by atoms with E-state index in [1.165, 1.54) is 33.4 Å². The highest BCUT2D eigenvalue weighted by molar-refractivity contribution is 5.87. The van der Waals surface area contributed by atoms with Crippen molar-refractivity contribution >= 4 is 5.57 Å². The van der Waals surface area contributed by atoms with Gasteiger partial charge in [0.05, 0.1) is 0 Å². The predicted octanol–water partition coefficient (Wildman–Crippen LogP) is 5.54. The standard InChI is InChI=1S/C19H22/c1-12(2)19-14(4)8-10-18(16(19)6)17-9-7-13(3)15(5)11-17/h7,9-11H,1,6,8H2,2-5H3. The number of rotatable bonds is 2. The summed E-state index contributed by atoms with van der Waals surface area (Å²) in [6.45, 7) is 16.9. The third-order valence-electron chi connectivity index (χ3n) is 3.91. The predicted molar refractivity (Wildman–Crippen MR) is 85.2 cm³/mol. The first kappa shape index (κ1) is 13.6. The average molecular weight is 250 g/mol. The lowest BCUT2D eigenvalue weighted by atomic mass is 9.82. The lowest BCUT2D eigenvalue weighted by molar-refractivity contribution is 1.13. The molecule has 0 amide bonds. The van der Waals surface area contributed by atoms with E-state index in [9.17, 15) is 0 Å². The van der Waals surface area contributed by atoms with E-state index in [0.717, 1.165) is 17.6 Å². The van der Waals surface area contributed by atoms with E-state index < -0.39 is 0 Å². The first-order chi connectivity index (χ1) is 8.91. The number of hydrogen-bond donors (Lipinski definition) is 0. The van der Waals surface area contributed by atoms with Gasteiger partial charge in [-0.05, 0) is 67.5 Å². The van der Waals surface area contributed by atoms with Gasteiger partial charge in [-0.2, -0.15) is 0 Å². The molecule has 0 aliphatic heterocycles. The molecule has 0 bridgehead atoms. The largest absolute Gasteiger partial charge is 0.0955 e. The number of aryl methyl sites for hydroxylation is 2. The van der Waals surface area contributed by atoms with Crippen LogP contribution in [0.3, 0.4) is 0 Å². The molecular weight excluding hydrogens is 228 g/mol. The summed E-state index contributed by atoms with van der Waals surface area (Å²) >= 11 is 0. The SMILES string of the molecule is C=C(C)C1=C(C)CC=C(c2ccc(C)c(C)c2)C1=C. The minimum absolute atomic E-state index is 0.990. The fraction of sp³-hybridized carbons (Fsp3) is 0.263. The van der Waals surface area contributed by atoms with E-state index in [-0.39, 0.29) is 0 Å². The molecule has 1 aliphatic rings. The van der Waals surface area contributed by atoms with E-state index in [2.05, 4.69) is 65.1 Å². The van der Waals surface area contributed by atoms with Crippen molar-refractivity contribution in [2.24, 2.45) is 0 Å². The first-order valence-corrected chi connectivity index (χ1v) is 6.75. The fourth-order valence-electron chi connectivity index (χ4n) is 2.70. The van der Waals surface area contributed by atoms with Crippen molar-refractivity contribution in [1.29, 1.82) is 0 Å². The Morgan fingerprint density at radius 1 is 1.11 bits per heavy atom. The van der Waals surface area contributed by atoms with Gasteiger partial charge >= 0.3 is 0 Å². The molecule has 0 spiro atoms. The van der Waals surface area contributed by atoms with Crippen LogP contribution in [0.2, 0.25) is 0 Å². The van der Waals surface area contributed by atoms with Crippen LogP contribution in [-0.2, 0) is 0 Å². The third kappa shape index (κ3) is 2.49. The van der Waals surface area contributed by atoms with Gasteiger partial charge in [0.2, 0.25) is 0 Å². The molecule has 0 unspecified atom stereocenters. The fourth-order valence-corrected chi connectivity index (χ4v) is 2.70. The van der Waals surface area contributed by atoms with Gasteiger partial charge in [-0.15, -0.1) is 0 Å². The quantitative estimate of drug-likeness (QED) is 0.646. The molecule has 0 heteroatoms. The highest BCUT2D eigenvalue weighted by Gasteiger charge is 2.17. The molecule has 1 aromatic rings. The molecule has 0 saturated carbocycles. The van der Waals surface area contributed by atoms with E-state index >= 15 is 0 Å². The molecule has 0 fully saturated rings. The molecule has 19 heavy (non-hydrogen) atoms. The summed E-state index contributed by atoms with van der Waals surface area (Å²) in [5.74, 6) is 0. The lowest BCUT2D eigenvalue weighted by Crippen LogP contribution is -2.03. The van der Waals surface area contributed by atoms with Crippen LogP contribution in [-0.4, -0.2) is 0 Å². The maximum Gasteiger partial charge on any atom is -0.0123 e. The minimum atomic E-state index is 0.990. The van der Waals surface area contributed by atoms with Crippen molar-refractivity contribution in [3.05, 3.63) is 76.4 Å². The maximum absolute atomic E-state index is 4.29. The summed E-state index contributed by atoms with van der Waals surface area (Å²) in [5, 5.41) is 0. The van der Waals surface area contributed by atoms with Crippen molar-refractivity contribution in [3.63, 3.8) is 0 Å². The van der Waals surface area contributed by atoms with E-state index in [0.29, 0.717) is 0 Å². The third-order valence-corrected chi connectivity index (χ3v) is 3.91. The summed E-state index contributed by atoms with van der Waals surface area (Å²) in [4.78, 5) is 0. The number of hydrogen-bond acceptors (Lipinski definition) is 0. The lowest BCUT2D eigenvalue weighted by Gasteiger charge is -2.23. The minimum Gasteiger partial charge on any atom is -0.0955 e. The smallest absolute Gasteiger partial charge is 0.0123 e. The molecule has 0 atom stereocenters. The van der Waals surface area contributed by atoms with Crippen LogP contribution in [0.1, 0.15) is 37.0 Å². The number of benzene rings is 1. The molecule has 0 nitrogen and oxygen atoms in total. The van der Waals surface area contributed by atoms with Gasteiger partial charge in [-0.3, -0.25) is 0 Å². The first-order valence-electron chi connectivity index (χ1n) is 6.75. The molecule has 98 valence electrons. The Morgan fingerprint density at radius 3 is 2.37 bits per heavy atom. The summed E-state index contributed by atoms with van der Waals surface area (Å²) in [7, 11) is 0. The molecule has 0 radical (unpaired) electrons. The second kappa shape index (κ2) is 5.05. The van der Waals surface area contributed by atoms with Crippen LogP contribution >= 0.6 is 0 Å². The van der Waals surface area contributed by atoms with E-state index in [1.807, 2.05) is 0 Å². The van der Waals surface area contributed by atoms with Gasteiger partial charge in [-0.25, -0.2) is 0 Å². The Hall–Kier alpha value is -1.82. The monoisotopic (exact) mass is 250 g/mol. The van der Waals surface area contributed by atoms with Gasteiger partial charge in [0, 0.05) is 0 Å². The summed E-state index contributed by atoms with van der Waals surface area (Å²) in [5.41, 5.74) is 10.0. The van der Waals surface area contributed by atoms with Gasteiger partial charge in [0.1, 0.15) is 0 Å². The van der Waals surface area contributed by atoms with Crippen LogP contribution < -0.4 is 0 Å². The maximum atomic E-state index is 4.29. The highest BCUT2D eigenvalue weighted by Crippen LogP contribution is 2.38. The van der Waals surface area contributed by atoms with Crippen LogP contribution in [0.25, 0.3) is 5.57 Å². The molecule has 0 N–H and O–H groups in total. The highest BCUT2D eigenvalue weighted by atomic mass is 14.2. The number of allylic oxidation sites excluding steroid dienone is 6. The Balaban J connectivity index is 2.45. The van der Waals surface area contributed by atoms with Gasteiger partial charge in [0.25, 0.3) is 0 Å². The van der Waals surface area contributed by atoms with Gasteiger partial charge in [-0.1, -0.05) is 48.6 Å². The summed E-state index contributed by atoms with van der Waals surface area (Å²) in [6.07, 6.45) is 3.28. The second-order valence-electron chi connectivity index (χ2n) is 5.54. The average Bonchev–Trinajstić information content (AvgIpc) is 2.33. The van der Waals surface area contributed by atoms with E-state index in [1.54, 1.807) is 0 Å². The molecule has 0 aromatic heterocycles. The molecule has 1 aliphatic carbocycles. The second-order valence-corrected chi connectivity index (χ2v) is 5.54. The zero-order valence-electron chi connectivity index (χ0n) is 12.4. The topological polar surface area (TPSA) is 0 Å².